The van der Waals surface area contributed by atoms with Crippen LogP contribution in [0.1, 0.15) is 11.1 Å². The van der Waals surface area contributed by atoms with Crippen LogP contribution in [0, 0.1) is 6.92 Å². The second-order valence-corrected chi connectivity index (χ2v) is 6.57. The molecule has 0 aliphatic rings. The van der Waals surface area contributed by atoms with Crippen LogP contribution in [0.15, 0.2) is 64.0 Å². The molecule has 0 aliphatic heterocycles. The molecule has 2 rings (SSSR count). The number of rotatable bonds is 3. The van der Waals surface area contributed by atoms with E-state index in [0.29, 0.717) is 0 Å². The zero-order valence-corrected chi connectivity index (χ0v) is 13.0. The van der Waals surface area contributed by atoms with Gasteiger partial charge >= 0.3 is 0 Å². The van der Waals surface area contributed by atoms with E-state index in [1.165, 1.54) is 11.1 Å². The summed E-state index contributed by atoms with van der Waals surface area (Å²) in [5.41, 5.74) is 3.43. The van der Waals surface area contributed by atoms with Crippen LogP contribution in [0.5, 0.6) is 0 Å². The van der Waals surface area contributed by atoms with E-state index < -0.39 is 0 Å². The van der Waals surface area contributed by atoms with E-state index in [1.54, 1.807) is 0 Å². The predicted octanol–water partition coefficient (Wildman–Crippen LogP) is 4.33. The van der Waals surface area contributed by atoms with Crippen molar-refractivity contribution in [3.63, 3.8) is 0 Å². The maximum Gasteiger partial charge on any atom is 0.140 e. The molecule has 2 aromatic rings. The first-order valence-electron chi connectivity index (χ1n) is 6.62. The Kier molecular flexibility index (Phi) is 5.24. The standard InChI is InChI=1S/C17H20N2S/c1-14-9-7-8-12-16(14)18-17(19-20(2)3)13-15-10-5-4-6-11-15/h4-12H,13H2,1-3H3. The van der Waals surface area contributed by atoms with E-state index >= 15 is 0 Å². The summed E-state index contributed by atoms with van der Waals surface area (Å²) in [6.45, 7) is 2.08. The Morgan fingerprint density at radius 2 is 1.60 bits per heavy atom. The third kappa shape index (κ3) is 4.42. The van der Waals surface area contributed by atoms with E-state index in [4.69, 9.17) is 4.99 Å². The van der Waals surface area contributed by atoms with Crippen molar-refractivity contribution in [1.82, 2.24) is 0 Å². The molecule has 0 heterocycles. The highest BCUT2D eigenvalue weighted by Gasteiger charge is 2.02. The van der Waals surface area contributed by atoms with E-state index in [0.717, 1.165) is 17.9 Å². The second-order valence-electron chi connectivity index (χ2n) is 4.84. The van der Waals surface area contributed by atoms with Gasteiger partial charge in [-0.1, -0.05) is 59.2 Å². The fourth-order valence-electron chi connectivity index (χ4n) is 1.91. The molecule has 104 valence electrons. The Morgan fingerprint density at radius 1 is 0.950 bits per heavy atom. The summed E-state index contributed by atoms with van der Waals surface area (Å²) in [4.78, 5) is 4.75. The summed E-state index contributed by atoms with van der Waals surface area (Å²) >= 11 is 0. The molecule has 0 N–H and O–H groups in total. The molecule has 0 saturated heterocycles. The minimum atomic E-state index is -0.00535. The largest absolute Gasteiger partial charge is 0.232 e. The van der Waals surface area contributed by atoms with E-state index in [9.17, 15) is 0 Å². The second kappa shape index (κ2) is 7.15. The number of para-hydroxylation sites is 1. The molecule has 0 bridgehead atoms. The van der Waals surface area contributed by atoms with Crippen LogP contribution in [-0.4, -0.2) is 18.3 Å². The third-order valence-corrected chi connectivity index (χ3v) is 3.43. The molecule has 0 spiro atoms. The highest BCUT2D eigenvalue weighted by atomic mass is 32.2. The van der Waals surface area contributed by atoms with Crippen LogP contribution in [0.3, 0.4) is 0 Å². The zero-order valence-electron chi connectivity index (χ0n) is 12.2. The lowest BCUT2D eigenvalue weighted by atomic mass is 10.1. The van der Waals surface area contributed by atoms with Crippen LogP contribution >= 0.6 is 0 Å². The first-order chi connectivity index (χ1) is 9.65. The van der Waals surface area contributed by atoms with Gasteiger partial charge < -0.3 is 0 Å². The molecule has 0 aromatic heterocycles. The SMILES string of the molecule is Cc1ccccc1N=C(Cc1ccccc1)N=S(C)C. The first kappa shape index (κ1) is 14.7. The van der Waals surface area contributed by atoms with E-state index in [-0.39, 0.29) is 10.7 Å². The van der Waals surface area contributed by atoms with Crippen LogP contribution in [-0.2, 0) is 17.1 Å². The number of hydrogen-bond acceptors (Lipinski definition) is 1. The highest BCUT2D eigenvalue weighted by molar-refractivity contribution is 7.86. The molecular formula is C17H20N2S. The molecule has 0 unspecified atom stereocenters. The summed E-state index contributed by atoms with van der Waals surface area (Å²) in [5, 5.41) is 0. The van der Waals surface area contributed by atoms with Crippen molar-refractivity contribution in [2.75, 3.05) is 12.5 Å². The van der Waals surface area contributed by atoms with Gasteiger partial charge in [-0.2, -0.15) is 0 Å². The molecule has 3 heteroatoms. The fourth-order valence-corrected chi connectivity index (χ4v) is 2.44. The number of amidine groups is 1. The summed E-state index contributed by atoms with van der Waals surface area (Å²) in [5.74, 6) is 0.902. The lowest BCUT2D eigenvalue weighted by Crippen LogP contribution is -2.01. The first-order valence-corrected chi connectivity index (χ1v) is 8.61. The topological polar surface area (TPSA) is 24.7 Å². The van der Waals surface area contributed by atoms with Crippen LogP contribution in [0.25, 0.3) is 0 Å². The predicted molar refractivity (Wildman–Crippen MR) is 90.1 cm³/mol. The van der Waals surface area contributed by atoms with Gasteiger partial charge in [-0.25, -0.2) is 9.36 Å². The number of nitrogens with zero attached hydrogens (tertiary/aromatic N) is 2. The van der Waals surface area contributed by atoms with Gasteiger partial charge in [-0.05, 0) is 36.6 Å². The lowest BCUT2D eigenvalue weighted by Gasteiger charge is -2.05. The summed E-state index contributed by atoms with van der Waals surface area (Å²) in [6, 6.07) is 18.5. The van der Waals surface area contributed by atoms with Crippen molar-refractivity contribution in [3.05, 3.63) is 65.7 Å². The minimum Gasteiger partial charge on any atom is -0.232 e. The molecule has 0 radical (unpaired) electrons. The number of aryl methyl sites for hydroxylation is 1. The van der Waals surface area contributed by atoms with Crippen molar-refractivity contribution >= 4 is 22.2 Å². The van der Waals surface area contributed by atoms with Gasteiger partial charge in [-0.3, -0.25) is 0 Å². The van der Waals surface area contributed by atoms with Crippen LogP contribution in [0.2, 0.25) is 0 Å². The molecule has 2 nitrogen and oxygen atoms in total. The fraction of sp³-hybridized carbons (Fsp3) is 0.235. The van der Waals surface area contributed by atoms with Crippen LogP contribution in [0.4, 0.5) is 5.69 Å². The van der Waals surface area contributed by atoms with E-state index in [2.05, 4.69) is 54.1 Å². The minimum absolute atomic E-state index is 0.00535. The maximum absolute atomic E-state index is 4.75. The normalized spacial score (nSPS) is 11.7. The molecule has 0 fully saturated rings. The van der Waals surface area contributed by atoms with Crippen molar-refractivity contribution in [1.29, 1.82) is 0 Å². The Bertz CT molecular complexity index is 626. The lowest BCUT2D eigenvalue weighted by molar-refractivity contribution is 1.27. The van der Waals surface area contributed by atoms with Gasteiger partial charge in [0.1, 0.15) is 5.84 Å². The third-order valence-electron chi connectivity index (χ3n) is 2.86. The van der Waals surface area contributed by atoms with Crippen molar-refractivity contribution in [3.8, 4) is 0 Å². The van der Waals surface area contributed by atoms with Gasteiger partial charge in [0, 0.05) is 6.42 Å². The van der Waals surface area contributed by atoms with E-state index in [1.807, 2.05) is 24.3 Å². The summed E-state index contributed by atoms with van der Waals surface area (Å²) in [7, 11) is -0.00535. The number of aliphatic imine (C=N–C) groups is 1. The molecule has 2 aromatic carbocycles. The summed E-state index contributed by atoms with van der Waals surface area (Å²) in [6.07, 6.45) is 5.00. The molecule has 0 saturated carbocycles. The quantitative estimate of drug-likeness (QED) is 0.592. The average molecular weight is 284 g/mol. The number of benzene rings is 2. The summed E-state index contributed by atoms with van der Waals surface area (Å²) < 4.78 is 4.69. The van der Waals surface area contributed by atoms with Crippen molar-refractivity contribution < 1.29 is 0 Å². The highest BCUT2D eigenvalue weighted by Crippen LogP contribution is 2.18. The molecule has 0 aliphatic carbocycles. The maximum atomic E-state index is 4.75. The smallest absolute Gasteiger partial charge is 0.140 e. The monoisotopic (exact) mass is 284 g/mol. The molecular weight excluding hydrogens is 264 g/mol. The van der Waals surface area contributed by atoms with Gasteiger partial charge in [0.05, 0.1) is 5.69 Å². The Labute approximate surface area is 123 Å². The number of hydrogen-bond donors (Lipinski definition) is 0. The Balaban J connectivity index is 2.33. The van der Waals surface area contributed by atoms with Gasteiger partial charge in [-0.15, -0.1) is 0 Å². The van der Waals surface area contributed by atoms with Crippen molar-refractivity contribution in [2.45, 2.75) is 13.3 Å². The van der Waals surface area contributed by atoms with Crippen LogP contribution < -0.4 is 0 Å². The molecule has 0 amide bonds. The van der Waals surface area contributed by atoms with Crippen molar-refractivity contribution in [2.24, 2.45) is 9.36 Å². The van der Waals surface area contributed by atoms with Gasteiger partial charge in [0.25, 0.3) is 0 Å². The molecule has 20 heavy (non-hydrogen) atoms. The van der Waals surface area contributed by atoms with Gasteiger partial charge in [0.15, 0.2) is 0 Å². The Morgan fingerprint density at radius 3 is 2.25 bits per heavy atom. The van der Waals surface area contributed by atoms with Gasteiger partial charge in [0.2, 0.25) is 0 Å². The zero-order chi connectivity index (χ0) is 14.4. The average Bonchev–Trinajstić information content (AvgIpc) is 2.42. The Hall–Kier alpha value is -1.74. The molecule has 0 atom stereocenters.